The normalized spacial score (nSPS) is 19.1. The summed E-state index contributed by atoms with van der Waals surface area (Å²) in [6, 6.07) is 17.9. The molecule has 194 valence electrons. The predicted molar refractivity (Wildman–Crippen MR) is 142 cm³/mol. The summed E-state index contributed by atoms with van der Waals surface area (Å²) in [6.07, 6.45) is 1.99. The number of hydrogen-bond acceptors (Lipinski definition) is 5. The Morgan fingerprint density at radius 2 is 1.61 bits per heavy atom. The second-order valence-electron chi connectivity index (χ2n) is 9.79. The number of hydrogen-bond donors (Lipinski definition) is 1. The molecular weight excluding hydrogens is 452 g/mol. The van der Waals surface area contributed by atoms with Gasteiger partial charge in [0.1, 0.15) is 5.75 Å². The van der Waals surface area contributed by atoms with Crippen LogP contribution in [0.1, 0.15) is 37.3 Å². The lowest BCUT2D eigenvalue weighted by Crippen LogP contribution is -2.46. The molecule has 36 heavy (non-hydrogen) atoms. The molecule has 2 heterocycles. The number of likely N-dealkylation sites (tertiary alicyclic amines) is 1. The Morgan fingerprint density at radius 1 is 0.917 bits per heavy atom. The molecule has 7 nitrogen and oxygen atoms in total. The number of amides is 2. The van der Waals surface area contributed by atoms with Gasteiger partial charge in [-0.3, -0.25) is 14.5 Å². The highest BCUT2D eigenvalue weighted by atomic mass is 16.5. The molecule has 2 amide bonds. The van der Waals surface area contributed by atoms with Crippen molar-refractivity contribution in [3.05, 3.63) is 65.7 Å². The lowest BCUT2D eigenvalue weighted by atomic mass is 9.96. The lowest BCUT2D eigenvalue weighted by molar-refractivity contribution is -0.136. The Morgan fingerprint density at radius 3 is 2.36 bits per heavy atom. The van der Waals surface area contributed by atoms with Gasteiger partial charge in [-0.1, -0.05) is 49.4 Å². The van der Waals surface area contributed by atoms with Gasteiger partial charge in [0.2, 0.25) is 11.8 Å². The third kappa shape index (κ3) is 7.55. The molecule has 7 heteroatoms. The summed E-state index contributed by atoms with van der Waals surface area (Å²) >= 11 is 0. The van der Waals surface area contributed by atoms with Crippen molar-refractivity contribution in [3.8, 4) is 5.75 Å². The number of para-hydroxylation sites is 1. The summed E-state index contributed by atoms with van der Waals surface area (Å²) in [4.78, 5) is 32.5. The number of nitrogens with zero attached hydrogens (tertiary/aromatic N) is 3. The average molecular weight is 493 g/mol. The quantitative estimate of drug-likeness (QED) is 0.552. The second kappa shape index (κ2) is 13.4. The van der Waals surface area contributed by atoms with Crippen LogP contribution in [0.15, 0.2) is 54.6 Å². The summed E-state index contributed by atoms with van der Waals surface area (Å²) in [5, 5.41) is 3.16. The van der Waals surface area contributed by atoms with Crippen LogP contribution in [0.5, 0.6) is 5.75 Å². The van der Waals surface area contributed by atoms with Gasteiger partial charge in [-0.25, -0.2) is 0 Å². The molecule has 1 atom stereocenters. The molecule has 1 unspecified atom stereocenters. The maximum Gasteiger partial charge on any atom is 0.226 e. The summed E-state index contributed by atoms with van der Waals surface area (Å²) < 4.78 is 5.67. The number of benzene rings is 2. The standard InChI is InChI=1S/C29H40N4O3/c1-2-31-16-18-32(19-17-31)22-25-10-7-6-9-24(25)21-30-29(35)26-11-8-15-33(23-26)28(34)14-20-36-27-12-4-3-5-13-27/h3-7,9-10,12-13,26H,2,8,11,14-23H2,1H3,(H,30,35). The van der Waals surface area contributed by atoms with E-state index in [-0.39, 0.29) is 17.7 Å². The monoisotopic (exact) mass is 492 g/mol. The Kier molecular flexibility index (Phi) is 9.76. The van der Waals surface area contributed by atoms with Gasteiger partial charge in [0.15, 0.2) is 0 Å². The number of ether oxygens (including phenoxy) is 1. The fourth-order valence-corrected chi connectivity index (χ4v) is 5.06. The molecule has 2 saturated heterocycles. The Labute approximate surface area is 215 Å². The van der Waals surface area contributed by atoms with E-state index in [1.165, 1.54) is 11.1 Å². The third-order valence-electron chi connectivity index (χ3n) is 7.35. The minimum Gasteiger partial charge on any atom is -0.493 e. The van der Waals surface area contributed by atoms with Gasteiger partial charge in [-0.05, 0) is 42.6 Å². The van der Waals surface area contributed by atoms with Gasteiger partial charge in [0.25, 0.3) is 0 Å². The SMILES string of the molecule is CCN1CCN(Cc2ccccc2CNC(=O)C2CCCN(C(=O)CCOc3ccccc3)C2)CC1. The van der Waals surface area contributed by atoms with Crippen LogP contribution >= 0.6 is 0 Å². The maximum atomic E-state index is 13.0. The number of piperazine rings is 1. The van der Waals surface area contributed by atoms with Crippen molar-refractivity contribution in [2.75, 3.05) is 52.4 Å². The molecule has 2 aromatic carbocycles. The number of piperidine rings is 1. The highest BCUT2D eigenvalue weighted by molar-refractivity contribution is 5.81. The summed E-state index contributed by atoms with van der Waals surface area (Å²) in [6.45, 7) is 10.7. The lowest BCUT2D eigenvalue weighted by Gasteiger charge is -2.34. The van der Waals surface area contributed by atoms with Crippen LogP contribution in [0.2, 0.25) is 0 Å². The van der Waals surface area contributed by atoms with E-state index in [9.17, 15) is 9.59 Å². The van der Waals surface area contributed by atoms with E-state index in [0.717, 1.165) is 57.9 Å². The molecule has 2 aliphatic rings. The minimum absolute atomic E-state index is 0.0411. The van der Waals surface area contributed by atoms with Gasteiger partial charge in [0.05, 0.1) is 18.9 Å². The minimum atomic E-state index is -0.160. The molecule has 0 bridgehead atoms. The number of carbonyl (C=O) groups excluding carboxylic acids is 2. The molecule has 0 saturated carbocycles. The fourth-order valence-electron chi connectivity index (χ4n) is 5.06. The van der Waals surface area contributed by atoms with Crippen molar-refractivity contribution in [1.82, 2.24) is 20.0 Å². The van der Waals surface area contributed by atoms with E-state index < -0.39 is 0 Å². The highest BCUT2D eigenvalue weighted by Gasteiger charge is 2.28. The van der Waals surface area contributed by atoms with E-state index in [4.69, 9.17) is 4.74 Å². The average Bonchev–Trinajstić information content (AvgIpc) is 2.93. The van der Waals surface area contributed by atoms with E-state index in [1.807, 2.05) is 41.3 Å². The number of rotatable bonds is 10. The number of carbonyl (C=O) groups is 2. The Bertz CT molecular complexity index is 975. The molecule has 1 N–H and O–H groups in total. The van der Waals surface area contributed by atoms with Gasteiger partial charge in [0, 0.05) is 52.4 Å². The third-order valence-corrected chi connectivity index (χ3v) is 7.35. The first-order chi connectivity index (χ1) is 17.6. The van der Waals surface area contributed by atoms with Crippen LogP contribution in [-0.4, -0.2) is 78.9 Å². The number of likely N-dealkylation sites (N-methyl/N-ethyl adjacent to an activating group) is 1. The van der Waals surface area contributed by atoms with E-state index in [2.05, 4.69) is 40.2 Å². The Hall–Kier alpha value is -2.90. The number of nitrogens with one attached hydrogen (secondary N) is 1. The Balaban J connectivity index is 1.23. The molecule has 4 rings (SSSR count). The van der Waals surface area contributed by atoms with Crippen LogP contribution in [0, 0.1) is 5.92 Å². The van der Waals surface area contributed by atoms with E-state index >= 15 is 0 Å². The zero-order valence-electron chi connectivity index (χ0n) is 21.5. The smallest absolute Gasteiger partial charge is 0.226 e. The highest BCUT2D eigenvalue weighted by Crippen LogP contribution is 2.19. The van der Waals surface area contributed by atoms with Crippen molar-refractivity contribution < 1.29 is 14.3 Å². The first-order valence-electron chi connectivity index (χ1n) is 13.4. The molecule has 0 spiro atoms. The molecule has 0 radical (unpaired) electrons. The van der Waals surface area contributed by atoms with Gasteiger partial charge in [-0.2, -0.15) is 0 Å². The first-order valence-corrected chi connectivity index (χ1v) is 13.4. The molecule has 2 fully saturated rings. The zero-order valence-corrected chi connectivity index (χ0v) is 21.5. The fraction of sp³-hybridized carbons (Fsp3) is 0.517. The maximum absolute atomic E-state index is 13.0. The topological polar surface area (TPSA) is 65.1 Å². The van der Waals surface area contributed by atoms with Gasteiger partial charge >= 0.3 is 0 Å². The molecular formula is C29H40N4O3. The molecule has 0 aromatic heterocycles. The van der Waals surface area contributed by atoms with Crippen molar-refractivity contribution in [2.24, 2.45) is 5.92 Å². The van der Waals surface area contributed by atoms with Gasteiger partial charge in [-0.15, -0.1) is 0 Å². The van der Waals surface area contributed by atoms with Crippen LogP contribution < -0.4 is 10.1 Å². The van der Waals surface area contributed by atoms with Crippen molar-refractivity contribution in [3.63, 3.8) is 0 Å². The van der Waals surface area contributed by atoms with E-state index in [1.54, 1.807) is 0 Å². The largest absolute Gasteiger partial charge is 0.493 e. The summed E-state index contributed by atoms with van der Waals surface area (Å²) in [5.74, 6) is 0.702. The van der Waals surface area contributed by atoms with Crippen LogP contribution in [0.4, 0.5) is 0 Å². The van der Waals surface area contributed by atoms with Crippen LogP contribution in [-0.2, 0) is 22.7 Å². The van der Waals surface area contributed by atoms with Crippen molar-refractivity contribution in [1.29, 1.82) is 0 Å². The first kappa shape index (κ1) is 26.2. The summed E-state index contributed by atoms with van der Waals surface area (Å²) in [5.41, 5.74) is 2.45. The van der Waals surface area contributed by atoms with Crippen LogP contribution in [0.25, 0.3) is 0 Å². The molecule has 2 aliphatic heterocycles. The van der Waals surface area contributed by atoms with Crippen LogP contribution in [0.3, 0.4) is 0 Å². The van der Waals surface area contributed by atoms with E-state index in [0.29, 0.717) is 32.7 Å². The van der Waals surface area contributed by atoms with Crippen molar-refractivity contribution >= 4 is 11.8 Å². The second-order valence-corrected chi connectivity index (χ2v) is 9.79. The van der Waals surface area contributed by atoms with Crippen molar-refractivity contribution in [2.45, 2.75) is 39.3 Å². The summed E-state index contributed by atoms with van der Waals surface area (Å²) in [7, 11) is 0. The van der Waals surface area contributed by atoms with Gasteiger partial charge < -0.3 is 19.9 Å². The predicted octanol–water partition coefficient (Wildman–Crippen LogP) is 3.15. The zero-order chi connectivity index (χ0) is 25.2. The molecule has 0 aliphatic carbocycles. The molecule has 2 aromatic rings.